The van der Waals surface area contributed by atoms with E-state index in [0.717, 1.165) is 36.2 Å². The minimum atomic E-state index is -0.242. The fourth-order valence-electron chi connectivity index (χ4n) is 5.83. The van der Waals surface area contributed by atoms with Crippen molar-refractivity contribution in [1.29, 1.82) is 0 Å². The van der Waals surface area contributed by atoms with Crippen LogP contribution < -0.4 is 15.8 Å². The summed E-state index contributed by atoms with van der Waals surface area (Å²) in [5, 5.41) is 5.27. The highest BCUT2D eigenvalue weighted by molar-refractivity contribution is 5.92. The van der Waals surface area contributed by atoms with Crippen molar-refractivity contribution in [3.8, 4) is 0 Å². The van der Waals surface area contributed by atoms with Gasteiger partial charge in [0.1, 0.15) is 11.5 Å². The number of nitrogens with zero attached hydrogens (tertiary/aromatic N) is 2. The molecule has 3 aromatic rings. The number of amides is 1. The van der Waals surface area contributed by atoms with Crippen LogP contribution in [0.15, 0.2) is 102 Å². The van der Waals surface area contributed by atoms with Crippen LogP contribution in [0.4, 0.5) is 10.1 Å². The van der Waals surface area contributed by atoms with Gasteiger partial charge in [0.25, 0.3) is 5.91 Å². The molecule has 7 heteroatoms. The average molecular weight is 482 g/mol. The first-order valence-corrected chi connectivity index (χ1v) is 12.4. The number of fused-ring (bicyclic) bond motifs is 1. The van der Waals surface area contributed by atoms with Gasteiger partial charge in [0.05, 0.1) is 30.0 Å². The van der Waals surface area contributed by atoms with E-state index in [0.29, 0.717) is 11.6 Å². The van der Waals surface area contributed by atoms with Gasteiger partial charge in [-0.3, -0.25) is 9.80 Å². The largest absolute Gasteiger partial charge is 0.344 e. The van der Waals surface area contributed by atoms with Gasteiger partial charge in [-0.1, -0.05) is 42.8 Å². The molecule has 3 N–H and O–H groups in total. The molecule has 0 fully saturated rings. The Hall–Kier alpha value is -4.13. The molecule has 1 aromatic heterocycles. The quantitative estimate of drug-likeness (QED) is 0.431. The molecular formula is C29H28FN5O. The molecule has 2 aliphatic carbocycles. The molecule has 182 valence electrons. The summed E-state index contributed by atoms with van der Waals surface area (Å²) in [7, 11) is 0. The van der Waals surface area contributed by atoms with E-state index in [-0.39, 0.29) is 23.7 Å². The van der Waals surface area contributed by atoms with Crippen molar-refractivity contribution < 1.29 is 9.18 Å². The molecule has 0 saturated carbocycles. The van der Waals surface area contributed by atoms with Crippen LogP contribution >= 0.6 is 0 Å². The highest BCUT2D eigenvalue weighted by Crippen LogP contribution is 2.49. The third kappa shape index (κ3) is 4.00. The van der Waals surface area contributed by atoms with Gasteiger partial charge in [-0.2, -0.15) is 0 Å². The van der Waals surface area contributed by atoms with Gasteiger partial charge in [-0.05, 0) is 66.7 Å². The van der Waals surface area contributed by atoms with Crippen LogP contribution in [0, 0.1) is 17.7 Å². The Balaban J connectivity index is 1.28. The van der Waals surface area contributed by atoms with E-state index in [4.69, 9.17) is 0 Å². The number of nitrogens with one attached hydrogen (secondary N) is 3. The molecule has 0 bridgehead atoms. The maximum atomic E-state index is 13.5. The lowest BCUT2D eigenvalue weighted by Gasteiger charge is -2.31. The first kappa shape index (κ1) is 22.3. The second-order valence-electron chi connectivity index (χ2n) is 9.65. The van der Waals surface area contributed by atoms with Crippen molar-refractivity contribution in [2.24, 2.45) is 11.8 Å². The lowest BCUT2D eigenvalue weighted by atomic mass is 9.78. The number of H-pyrrole nitrogens is 1. The average Bonchev–Trinajstić information content (AvgIpc) is 3.66. The van der Waals surface area contributed by atoms with Gasteiger partial charge < -0.3 is 15.7 Å². The molecule has 0 radical (unpaired) electrons. The molecule has 36 heavy (non-hydrogen) atoms. The van der Waals surface area contributed by atoms with E-state index in [1.165, 1.54) is 35.2 Å². The molecule has 1 aliphatic heterocycles. The molecule has 1 amide bonds. The summed E-state index contributed by atoms with van der Waals surface area (Å²) >= 11 is 0. The van der Waals surface area contributed by atoms with E-state index in [1.54, 1.807) is 18.3 Å². The number of carbonyl (C=O) groups excluding carboxylic acids is 1. The molecule has 0 saturated heterocycles. The van der Waals surface area contributed by atoms with Crippen molar-refractivity contribution in [2.45, 2.75) is 32.2 Å². The number of hydrazine groups is 1. The SMILES string of the molecule is C[C@H]1C2=CNN(c3ccc(F)cc3)C2=CC2=C1[C@@H](CC(NC(=O)c1cnc[nH]1)c1ccccc1)CC2. The Morgan fingerprint density at radius 3 is 2.75 bits per heavy atom. The zero-order chi connectivity index (χ0) is 24.6. The molecule has 2 heterocycles. The van der Waals surface area contributed by atoms with Gasteiger partial charge in [0.15, 0.2) is 0 Å². The number of hydrogen-bond donors (Lipinski definition) is 3. The molecule has 3 aliphatic rings. The number of anilines is 1. The van der Waals surface area contributed by atoms with Crippen molar-refractivity contribution >= 4 is 11.6 Å². The summed E-state index contributed by atoms with van der Waals surface area (Å²) in [5.74, 6) is 0.226. The highest BCUT2D eigenvalue weighted by Gasteiger charge is 2.39. The molecule has 3 atom stereocenters. The maximum Gasteiger partial charge on any atom is 0.269 e. The predicted octanol–water partition coefficient (Wildman–Crippen LogP) is 5.56. The number of rotatable bonds is 6. The fourth-order valence-corrected chi connectivity index (χ4v) is 5.83. The van der Waals surface area contributed by atoms with Gasteiger partial charge >= 0.3 is 0 Å². The van der Waals surface area contributed by atoms with Crippen LogP contribution in [0.5, 0.6) is 0 Å². The summed E-state index contributed by atoms with van der Waals surface area (Å²) in [5.41, 5.74) is 11.0. The summed E-state index contributed by atoms with van der Waals surface area (Å²) in [6.45, 7) is 2.27. The number of aromatic amines is 1. The molecule has 2 aromatic carbocycles. The van der Waals surface area contributed by atoms with Crippen LogP contribution in [0.3, 0.4) is 0 Å². The number of aromatic nitrogens is 2. The molecule has 0 spiro atoms. The number of benzene rings is 2. The minimum absolute atomic E-state index is 0.108. The van der Waals surface area contributed by atoms with Crippen LogP contribution in [0.25, 0.3) is 0 Å². The zero-order valence-electron chi connectivity index (χ0n) is 20.0. The normalized spacial score (nSPS) is 21.3. The van der Waals surface area contributed by atoms with Crippen molar-refractivity contribution in [3.05, 3.63) is 119 Å². The number of imidazole rings is 1. The van der Waals surface area contributed by atoms with E-state index in [1.807, 2.05) is 23.2 Å². The molecular weight excluding hydrogens is 453 g/mol. The van der Waals surface area contributed by atoms with Crippen molar-refractivity contribution in [2.75, 3.05) is 5.01 Å². The second kappa shape index (κ2) is 9.15. The Morgan fingerprint density at radius 1 is 1.19 bits per heavy atom. The predicted molar refractivity (Wildman–Crippen MR) is 137 cm³/mol. The monoisotopic (exact) mass is 481 g/mol. The Bertz CT molecular complexity index is 1360. The molecule has 1 unspecified atom stereocenters. The van der Waals surface area contributed by atoms with Crippen LogP contribution in [-0.4, -0.2) is 15.9 Å². The van der Waals surface area contributed by atoms with Crippen molar-refractivity contribution in [3.63, 3.8) is 0 Å². The lowest BCUT2D eigenvalue weighted by Crippen LogP contribution is -2.31. The summed E-state index contributed by atoms with van der Waals surface area (Å²) in [6, 6.07) is 16.6. The zero-order valence-corrected chi connectivity index (χ0v) is 20.0. The summed E-state index contributed by atoms with van der Waals surface area (Å²) in [6.07, 6.45) is 10.3. The summed E-state index contributed by atoms with van der Waals surface area (Å²) < 4.78 is 13.5. The number of hydrogen-bond acceptors (Lipinski definition) is 4. The van der Waals surface area contributed by atoms with Gasteiger partial charge in [-0.25, -0.2) is 9.37 Å². The van der Waals surface area contributed by atoms with Gasteiger partial charge in [0.2, 0.25) is 0 Å². The Kier molecular flexibility index (Phi) is 5.68. The third-order valence-electron chi connectivity index (χ3n) is 7.56. The smallest absolute Gasteiger partial charge is 0.269 e. The van der Waals surface area contributed by atoms with E-state index >= 15 is 0 Å². The molecule has 6 nitrogen and oxygen atoms in total. The topological polar surface area (TPSA) is 73.0 Å². The van der Waals surface area contributed by atoms with E-state index in [2.05, 4.69) is 52.0 Å². The van der Waals surface area contributed by atoms with E-state index in [9.17, 15) is 9.18 Å². The van der Waals surface area contributed by atoms with Gasteiger partial charge in [-0.15, -0.1) is 0 Å². The van der Waals surface area contributed by atoms with Gasteiger partial charge in [0, 0.05) is 17.7 Å². The first-order chi connectivity index (χ1) is 17.6. The summed E-state index contributed by atoms with van der Waals surface area (Å²) in [4.78, 5) is 19.8. The van der Waals surface area contributed by atoms with Crippen molar-refractivity contribution in [1.82, 2.24) is 20.7 Å². The third-order valence-corrected chi connectivity index (χ3v) is 7.56. The standard InChI is InChI=1S/C29H28FN5O/c1-18-24-15-33-35(23-11-9-22(30)10-12-23)27(24)14-21-8-7-20(28(18)21)13-25(19-5-3-2-4-6-19)34-29(36)26-16-31-17-32-26/h2-6,9-12,14-18,20,25,33H,7-8,13H2,1H3,(H,31,32)(H,34,36)/t18-,20+,25?/m0/s1. The molecule has 6 rings (SSSR count). The van der Waals surface area contributed by atoms with Crippen LogP contribution in [0.1, 0.15) is 48.3 Å². The highest BCUT2D eigenvalue weighted by atomic mass is 19.1. The number of carbonyl (C=O) groups is 1. The van der Waals surface area contributed by atoms with Crippen LogP contribution in [0.2, 0.25) is 0 Å². The second-order valence-corrected chi connectivity index (χ2v) is 9.65. The first-order valence-electron chi connectivity index (χ1n) is 12.4. The number of halogens is 1. The van der Waals surface area contributed by atoms with Crippen LogP contribution in [-0.2, 0) is 0 Å². The minimum Gasteiger partial charge on any atom is -0.344 e. The fraction of sp³-hybridized carbons (Fsp3) is 0.241. The Morgan fingerprint density at radius 2 is 2.00 bits per heavy atom. The Labute approximate surface area is 209 Å². The van der Waals surface area contributed by atoms with E-state index < -0.39 is 0 Å². The lowest BCUT2D eigenvalue weighted by molar-refractivity contribution is 0.0927. The number of allylic oxidation sites excluding steroid dienone is 4. The maximum absolute atomic E-state index is 13.5.